The number of nitrogens with zero attached hydrogens (tertiary/aromatic N) is 1. The van der Waals surface area contributed by atoms with E-state index in [1.807, 2.05) is 12.1 Å². The number of amides is 1. The van der Waals surface area contributed by atoms with Gasteiger partial charge in [0.15, 0.2) is 0 Å². The van der Waals surface area contributed by atoms with Crippen LogP contribution < -0.4 is 14.8 Å². The summed E-state index contributed by atoms with van der Waals surface area (Å²) in [5.41, 5.74) is -2.07. The van der Waals surface area contributed by atoms with Crippen molar-refractivity contribution < 1.29 is 63.7 Å². The molecule has 2 atom stereocenters. The molecule has 2 saturated carbocycles. The Hall–Kier alpha value is -4.96. The van der Waals surface area contributed by atoms with Crippen molar-refractivity contribution in [3.63, 3.8) is 0 Å². The van der Waals surface area contributed by atoms with Crippen molar-refractivity contribution in [1.29, 1.82) is 0 Å². The Morgan fingerprint density at radius 2 is 1.05 bits per heavy atom. The fraction of sp³-hybridized carbons (Fsp3) is 0.447. The standard InChI is InChI=1S/C24H23F6NO2.C12H14F3NO.C11H11ClO2/c25-23(26,27)18-4-2-17(3-5-18)22(11-1-12-22)21(32)31-13-10-16(14-31)15-33-20-8-6-19(7-9-20)24(28,29)30;13-12(14,15)10-1-3-11(4-2-10)17-8-9-5-6-16-7-9;12-9-4-2-8(3-5-9)11(10(13)14)6-1-7-11/h2-9,16H,1,10-15H2;1-4,9,16H,5-8H2;2-5H,1,6-7H2,(H,13,14)/t16-;9-;/m11./s1. The van der Waals surface area contributed by atoms with E-state index >= 15 is 0 Å². The Balaban J connectivity index is 0.000000182. The molecule has 2 aliphatic heterocycles. The molecule has 4 aromatic rings. The summed E-state index contributed by atoms with van der Waals surface area (Å²) in [6.45, 7) is 3.69. The lowest BCUT2D eigenvalue weighted by Crippen LogP contribution is -2.50. The molecule has 346 valence electrons. The van der Waals surface area contributed by atoms with Crippen molar-refractivity contribution in [2.75, 3.05) is 39.4 Å². The Labute approximate surface area is 369 Å². The number of carboxylic acids is 1. The van der Waals surface area contributed by atoms with Gasteiger partial charge in [-0.15, -0.1) is 0 Å². The minimum atomic E-state index is -4.43. The number of hydrogen-bond acceptors (Lipinski definition) is 5. The van der Waals surface area contributed by atoms with Gasteiger partial charge in [-0.2, -0.15) is 39.5 Å². The molecule has 2 N–H and O–H groups in total. The van der Waals surface area contributed by atoms with Gasteiger partial charge in [0.2, 0.25) is 5.91 Å². The molecule has 0 spiro atoms. The Morgan fingerprint density at radius 1 is 0.625 bits per heavy atom. The first kappa shape index (κ1) is 48.5. The molecule has 8 rings (SSSR count). The van der Waals surface area contributed by atoms with Crippen molar-refractivity contribution in [2.45, 2.75) is 80.7 Å². The second kappa shape index (κ2) is 20.1. The first-order valence-corrected chi connectivity index (χ1v) is 21.3. The van der Waals surface area contributed by atoms with E-state index in [-0.39, 0.29) is 18.4 Å². The van der Waals surface area contributed by atoms with Crippen molar-refractivity contribution in [3.05, 3.63) is 130 Å². The molecular formula is C47H48ClF9N2O5. The molecule has 4 aromatic carbocycles. The zero-order valence-corrected chi connectivity index (χ0v) is 35.4. The Kier molecular flexibility index (Phi) is 15.2. The molecule has 17 heteroatoms. The quantitative estimate of drug-likeness (QED) is 0.154. The van der Waals surface area contributed by atoms with Crippen LogP contribution in [0.15, 0.2) is 97.1 Å². The molecule has 1 amide bonds. The van der Waals surface area contributed by atoms with E-state index < -0.39 is 52.0 Å². The van der Waals surface area contributed by atoms with Gasteiger partial charge in [-0.05, 0) is 129 Å². The highest BCUT2D eigenvalue weighted by Gasteiger charge is 2.49. The Morgan fingerprint density at radius 3 is 1.44 bits per heavy atom. The van der Waals surface area contributed by atoms with Crippen LogP contribution in [0.2, 0.25) is 5.02 Å². The number of rotatable bonds is 10. The second-order valence-electron chi connectivity index (χ2n) is 16.7. The maximum absolute atomic E-state index is 13.3. The van der Waals surface area contributed by atoms with Gasteiger partial charge in [0.1, 0.15) is 11.5 Å². The number of carbonyl (C=O) groups excluding carboxylic acids is 1. The van der Waals surface area contributed by atoms with E-state index in [1.165, 1.54) is 36.4 Å². The summed E-state index contributed by atoms with van der Waals surface area (Å²) in [5, 5.41) is 13.0. The minimum absolute atomic E-state index is 0.0287. The third-order valence-electron chi connectivity index (χ3n) is 12.5. The summed E-state index contributed by atoms with van der Waals surface area (Å²) < 4.78 is 125. The molecule has 2 saturated heterocycles. The molecule has 4 aliphatic rings. The van der Waals surface area contributed by atoms with Crippen LogP contribution in [0, 0.1) is 11.8 Å². The lowest BCUT2D eigenvalue weighted by Gasteiger charge is -2.43. The smallest absolute Gasteiger partial charge is 0.416 e. The third-order valence-corrected chi connectivity index (χ3v) is 12.7. The number of carbonyl (C=O) groups is 2. The molecule has 2 aliphatic carbocycles. The van der Waals surface area contributed by atoms with Crippen LogP contribution in [0.25, 0.3) is 0 Å². The van der Waals surface area contributed by atoms with Crippen LogP contribution in [0.5, 0.6) is 11.5 Å². The van der Waals surface area contributed by atoms with E-state index in [1.54, 1.807) is 17.0 Å². The average molecular weight is 927 g/mol. The fourth-order valence-corrected chi connectivity index (χ4v) is 8.41. The molecule has 0 bridgehead atoms. The average Bonchev–Trinajstić information content (AvgIpc) is 3.92. The SMILES string of the molecule is FC(F)(F)c1ccc(OC[C@@H]2CCNC2)cc1.O=C(N1CC[C@@H](COc2ccc(C(F)(F)F)cc2)C1)C1(c2ccc(C(F)(F)F)cc2)CCC1.O=C(O)C1(c2ccc(Cl)cc2)CCC1. The molecule has 0 unspecified atom stereocenters. The molecule has 0 aromatic heterocycles. The fourth-order valence-electron chi connectivity index (χ4n) is 8.28. The van der Waals surface area contributed by atoms with Gasteiger partial charge in [-0.3, -0.25) is 9.59 Å². The van der Waals surface area contributed by atoms with Gasteiger partial charge in [-0.1, -0.05) is 48.7 Å². The van der Waals surface area contributed by atoms with Gasteiger partial charge >= 0.3 is 24.5 Å². The maximum Gasteiger partial charge on any atom is 0.416 e. The number of likely N-dealkylation sites (tertiary alicyclic amines) is 1. The van der Waals surface area contributed by atoms with Crippen LogP contribution in [-0.2, 0) is 38.9 Å². The summed E-state index contributed by atoms with van der Waals surface area (Å²) in [7, 11) is 0. The summed E-state index contributed by atoms with van der Waals surface area (Å²) in [6, 6.07) is 21.3. The number of halogens is 10. The molecule has 4 fully saturated rings. The first-order valence-electron chi connectivity index (χ1n) is 21.0. The number of hydrogen-bond donors (Lipinski definition) is 2. The second-order valence-corrected chi connectivity index (χ2v) is 17.1. The number of aliphatic carboxylic acids is 1. The van der Waals surface area contributed by atoms with Crippen molar-refractivity contribution >= 4 is 23.5 Å². The molecule has 64 heavy (non-hydrogen) atoms. The molecule has 7 nitrogen and oxygen atoms in total. The van der Waals surface area contributed by atoms with E-state index in [0.29, 0.717) is 67.0 Å². The zero-order valence-electron chi connectivity index (χ0n) is 34.6. The molecule has 0 radical (unpaired) electrons. The van der Waals surface area contributed by atoms with Crippen LogP contribution in [0.3, 0.4) is 0 Å². The van der Waals surface area contributed by atoms with Crippen molar-refractivity contribution in [3.8, 4) is 11.5 Å². The highest BCUT2D eigenvalue weighted by atomic mass is 35.5. The number of alkyl halides is 9. The lowest BCUT2D eigenvalue weighted by molar-refractivity contribution is -0.147. The topological polar surface area (TPSA) is 88.1 Å². The van der Waals surface area contributed by atoms with E-state index in [9.17, 15) is 54.2 Å². The number of carboxylic acid groups (broad SMARTS) is 1. The van der Waals surface area contributed by atoms with Crippen molar-refractivity contribution in [1.82, 2.24) is 10.2 Å². The van der Waals surface area contributed by atoms with Crippen LogP contribution in [0.1, 0.15) is 79.2 Å². The summed E-state index contributed by atoms with van der Waals surface area (Å²) >= 11 is 5.76. The van der Waals surface area contributed by atoms with Crippen molar-refractivity contribution in [2.24, 2.45) is 11.8 Å². The Bertz CT molecular complexity index is 2150. The minimum Gasteiger partial charge on any atom is -0.493 e. The summed E-state index contributed by atoms with van der Waals surface area (Å²) in [5.74, 6) is 0.507. The predicted molar refractivity (Wildman–Crippen MR) is 221 cm³/mol. The van der Waals surface area contributed by atoms with Gasteiger partial charge in [0.25, 0.3) is 0 Å². The maximum atomic E-state index is 13.3. The van der Waals surface area contributed by atoms with E-state index in [4.69, 9.17) is 21.1 Å². The van der Waals surface area contributed by atoms with Crippen LogP contribution >= 0.6 is 11.6 Å². The first-order chi connectivity index (χ1) is 30.2. The van der Waals surface area contributed by atoms with Crippen LogP contribution in [0.4, 0.5) is 39.5 Å². The third kappa shape index (κ3) is 11.8. The molecule has 2 heterocycles. The van der Waals surface area contributed by atoms with Gasteiger partial charge in [0.05, 0.1) is 40.7 Å². The van der Waals surface area contributed by atoms with E-state index in [2.05, 4.69) is 5.32 Å². The van der Waals surface area contributed by atoms with E-state index in [0.717, 1.165) is 87.2 Å². The summed E-state index contributed by atoms with van der Waals surface area (Å²) in [6.07, 6.45) is -6.87. The highest BCUT2D eigenvalue weighted by Crippen LogP contribution is 2.47. The number of benzene rings is 4. The largest absolute Gasteiger partial charge is 0.493 e. The van der Waals surface area contributed by atoms with Gasteiger partial charge < -0.3 is 24.8 Å². The normalized spacial score (nSPS) is 20.1. The van der Waals surface area contributed by atoms with Crippen LogP contribution in [-0.4, -0.2) is 61.3 Å². The number of nitrogens with one attached hydrogen (secondary N) is 1. The molecular weight excluding hydrogens is 879 g/mol. The van der Waals surface area contributed by atoms with Gasteiger partial charge in [0, 0.05) is 36.5 Å². The van der Waals surface area contributed by atoms with Gasteiger partial charge in [-0.25, -0.2) is 0 Å². The monoisotopic (exact) mass is 926 g/mol. The highest BCUT2D eigenvalue weighted by molar-refractivity contribution is 6.30. The predicted octanol–water partition coefficient (Wildman–Crippen LogP) is 11.6. The zero-order chi connectivity index (χ0) is 46.3. The number of ether oxygens (including phenoxy) is 2. The summed E-state index contributed by atoms with van der Waals surface area (Å²) in [4.78, 5) is 26.2. The lowest BCUT2D eigenvalue weighted by atomic mass is 9.63.